The highest BCUT2D eigenvalue weighted by Crippen LogP contribution is 2.33. The number of hydrogen-bond donors (Lipinski definition) is 2. The second kappa shape index (κ2) is 7.61. The first kappa shape index (κ1) is 15.3. The summed E-state index contributed by atoms with van der Waals surface area (Å²) in [6, 6.07) is 1.48. The lowest BCUT2D eigenvalue weighted by molar-refractivity contribution is 0.121. The van der Waals surface area contributed by atoms with Crippen molar-refractivity contribution < 1.29 is 5.11 Å². The summed E-state index contributed by atoms with van der Waals surface area (Å²) < 4.78 is 0. The van der Waals surface area contributed by atoms with E-state index in [9.17, 15) is 5.11 Å². The highest BCUT2D eigenvalue weighted by molar-refractivity contribution is 4.90. The monoisotopic (exact) mass is 268 g/mol. The van der Waals surface area contributed by atoms with Crippen LogP contribution < -0.4 is 5.32 Å². The van der Waals surface area contributed by atoms with Gasteiger partial charge in [-0.15, -0.1) is 0 Å². The normalized spacial score (nSPS) is 31.9. The van der Waals surface area contributed by atoms with Crippen molar-refractivity contribution in [2.45, 2.75) is 64.5 Å². The molecular formula is C16H32N2O. The first-order valence-corrected chi connectivity index (χ1v) is 8.32. The van der Waals surface area contributed by atoms with Gasteiger partial charge in [0.1, 0.15) is 0 Å². The summed E-state index contributed by atoms with van der Waals surface area (Å²) in [6.07, 6.45) is 7.98. The Morgan fingerprint density at radius 1 is 1.21 bits per heavy atom. The van der Waals surface area contributed by atoms with Crippen molar-refractivity contribution in [3.05, 3.63) is 0 Å². The maximum Gasteiger partial charge on any atom is 0.0558 e. The van der Waals surface area contributed by atoms with Crippen LogP contribution in [-0.2, 0) is 0 Å². The molecule has 0 aromatic carbocycles. The molecule has 2 saturated carbocycles. The molecule has 0 aromatic rings. The zero-order valence-corrected chi connectivity index (χ0v) is 12.8. The lowest BCUT2D eigenvalue weighted by Crippen LogP contribution is -2.46. The van der Waals surface area contributed by atoms with Gasteiger partial charge >= 0.3 is 0 Å². The summed E-state index contributed by atoms with van der Waals surface area (Å²) in [6.45, 7) is 8.17. The van der Waals surface area contributed by atoms with Crippen LogP contribution in [0.4, 0.5) is 0 Å². The van der Waals surface area contributed by atoms with Gasteiger partial charge in [0.05, 0.1) is 6.61 Å². The van der Waals surface area contributed by atoms with Crippen LogP contribution in [0.5, 0.6) is 0 Å². The lowest BCUT2D eigenvalue weighted by atomic mass is 9.78. The van der Waals surface area contributed by atoms with E-state index in [0.717, 1.165) is 31.0 Å². The minimum Gasteiger partial charge on any atom is -0.395 e. The molecule has 0 aliphatic heterocycles. The molecule has 3 heteroatoms. The predicted octanol–water partition coefficient (Wildman–Crippen LogP) is 2.25. The molecule has 0 saturated heterocycles. The van der Waals surface area contributed by atoms with E-state index < -0.39 is 0 Å². The van der Waals surface area contributed by atoms with E-state index in [0.29, 0.717) is 12.6 Å². The molecule has 0 radical (unpaired) electrons. The van der Waals surface area contributed by atoms with E-state index in [-0.39, 0.29) is 0 Å². The second-order valence-electron chi connectivity index (χ2n) is 6.69. The number of aliphatic hydroxyl groups excluding tert-OH is 1. The molecule has 2 aliphatic rings. The SMILES string of the molecule is CCCNC1CCC(C)CC1CN(CCO)C1CC1. The minimum atomic E-state index is 0.311. The fraction of sp³-hybridized carbons (Fsp3) is 1.00. The summed E-state index contributed by atoms with van der Waals surface area (Å²) in [4.78, 5) is 2.54. The van der Waals surface area contributed by atoms with E-state index in [1.807, 2.05) is 0 Å². The largest absolute Gasteiger partial charge is 0.395 e. The third-order valence-corrected chi connectivity index (χ3v) is 4.82. The molecule has 112 valence electrons. The Kier molecular flexibility index (Phi) is 6.11. The lowest BCUT2D eigenvalue weighted by Gasteiger charge is -2.38. The Balaban J connectivity index is 1.87. The summed E-state index contributed by atoms with van der Waals surface area (Å²) in [5.74, 6) is 1.65. The third kappa shape index (κ3) is 4.73. The van der Waals surface area contributed by atoms with Gasteiger partial charge in [0.2, 0.25) is 0 Å². The molecule has 0 amide bonds. The van der Waals surface area contributed by atoms with E-state index in [2.05, 4.69) is 24.1 Å². The maximum atomic E-state index is 9.24. The van der Waals surface area contributed by atoms with Crippen LogP contribution in [0.1, 0.15) is 52.4 Å². The Morgan fingerprint density at radius 2 is 2.00 bits per heavy atom. The molecule has 3 unspecified atom stereocenters. The predicted molar refractivity (Wildman–Crippen MR) is 80.3 cm³/mol. The highest BCUT2D eigenvalue weighted by Gasteiger charge is 2.34. The number of rotatable bonds is 8. The van der Waals surface area contributed by atoms with Gasteiger partial charge in [-0.1, -0.05) is 13.8 Å². The van der Waals surface area contributed by atoms with Gasteiger partial charge in [-0.05, 0) is 56.9 Å². The highest BCUT2D eigenvalue weighted by atomic mass is 16.3. The summed E-state index contributed by atoms with van der Waals surface area (Å²) >= 11 is 0. The zero-order chi connectivity index (χ0) is 13.7. The summed E-state index contributed by atoms with van der Waals surface area (Å²) in [5, 5.41) is 13.0. The van der Waals surface area contributed by atoms with Gasteiger partial charge in [0.15, 0.2) is 0 Å². The molecule has 3 nitrogen and oxygen atoms in total. The Bertz CT molecular complexity index is 253. The van der Waals surface area contributed by atoms with Gasteiger partial charge in [0.25, 0.3) is 0 Å². The maximum absolute atomic E-state index is 9.24. The van der Waals surface area contributed by atoms with Crippen LogP contribution in [0.2, 0.25) is 0 Å². The van der Waals surface area contributed by atoms with Crippen molar-refractivity contribution in [3.63, 3.8) is 0 Å². The number of hydrogen-bond acceptors (Lipinski definition) is 3. The van der Waals surface area contributed by atoms with Gasteiger partial charge in [-0.25, -0.2) is 0 Å². The molecule has 2 rings (SSSR count). The van der Waals surface area contributed by atoms with E-state index in [4.69, 9.17) is 0 Å². The number of nitrogens with zero attached hydrogens (tertiary/aromatic N) is 1. The minimum absolute atomic E-state index is 0.311. The molecule has 2 fully saturated rings. The molecule has 19 heavy (non-hydrogen) atoms. The number of aliphatic hydroxyl groups is 1. The van der Waals surface area contributed by atoms with E-state index in [1.165, 1.54) is 45.1 Å². The zero-order valence-electron chi connectivity index (χ0n) is 12.8. The van der Waals surface area contributed by atoms with E-state index >= 15 is 0 Å². The molecule has 0 aromatic heterocycles. The van der Waals surface area contributed by atoms with Crippen molar-refractivity contribution in [2.75, 3.05) is 26.2 Å². The fourth-order valence-corrected chi connectivity index (χ4v) is 3.59. The first-order valence-electron chi connectivity index (χ1n) is 8.32. The molecule has 0 heterocycles. The molecular weight excluding hydrogens is 236 g/mol. The van der Waals surface area contributed by atoms with Crippen molar-refractivity contribution in [2.24, 2.45) is 11.8 Å². The quantitative estimate of drug-likeness (QED) is 0.709. The third-order valence-electron chi connectivity index (χ3n) is 4.82. The molecule has 2 N–H and O–H groups in total. The Hall–Kier alpha value is -0.120. The van der Waals surface area contributed by atoms with Gasteiger partial charge in [-0.2, -0.15) is 0 Å². The van der Waals surface area contributed by atoms with Crippen LogP contribution in [0.25, 0.3) is 0 Å². The Morgan fingerprint density at radius 3 is 2.63 bits per heavy atom. The van der Waals surface area contributed by atoms with Crippen LogP contribution in [0, 0.1) is 11.8 Å². The standard InChI is InChI=1S/C16H32N2O/c1-3-8-17-16-7-4-13(2)11-14(16)12-18(9-10-19)15-5-6-15/h13-17,19H,3-12H2,1-2H3. The van der Waals surface area contributed by atoms with Gasteiger partial charge < -0.3 is 10.4 Å². The van der Waals surface area contributed by atoms with Gasteiger partial charge in [-0.3, -0.25) is 4.90 Å². The van der Waals surface area contributed by atoms with Crippen LogP contribution >= 0.6 is 0 Å². The fourth-order valence-electron chi connectivity index (χ4n) is 3.59. The van der Waals surface area contributed by atoms with Crippen LogP contribution in [-0.4, -0.2) is 48.3 Å². The second-order valence-corrected chi connectivity index (χ2v) is 6.69. The number of nitrogens with one attached hydrogen (secondary N) is 1. The Labute approximate surface area is 118 Å². The van der Waals surface area contributed by atoms with Crippen molar-refractivity contribution in [3.8, 4) is 0 Å². The smallest absolute Gasteiger partial charge is 0.0558 e. The molecule has 3 atom stereocenters. The molecule has 2 aliphatic carbocycles. The molecule has 0 spiro atoms. The van der Waals surface area contributed by atoms with Crippen molar-refractivity contribution in [1.29, 1.82) is 0 Å². The first-order chi connectivity index (χ1) is 9.24. The van der Waals surface area contributed by atoms with Crippen molar-refractivity contribution in [1.82, 2.24) is 10.2 Å². The average molecular weight is 268 g/mol. The summed E-state index contributed by atoms with van der Waals surface area (Å²) in [5.41, 5.74) is 0. The molecule has 0 bridgehead atoms. The topological polar surface area (TPSA) is 35.5 Å². The average Bonchev–Trinajstić information content (AvgIpc) is 3.21. The summed E-state index contributed by atoms with van der Waals surface area (Å²) in [7, 11) is 0. The van der Waals surface area contributed by atoms with Crippen LogP contribution in [0.3, 0.4) is 0 Å². The van der Waals surface area contributed by atoms with Crippen LogP contribution in [0.15, 0.2) is 0 Å². The van der Waals surface area contributed by atoms with Gasteiger partial charge in [0, 0.05) is 25.2 Å². The van der Waals surface area contributed by atoms with E-state index in [1.54, 1.807) is 0 Å². The van der Waals surface area contributed by atoms with Crippen molar-refractivity contribution >= 4 is 0 Å².